The van der Waals surface area contributed by atoms with Crippen LogP contribution in [0.2, 0.25) is 0 Å². The van der Waals surface area contributed by atoms with Gasteiger partial charge in [0.05, 0.1) is 6.10 Å². The zero-order valence-electron chi connectivity index (χ0n) is 12.8. The topological polar surface area (TPSA) is 37.4 Å². The summed E-state index contributed by atoms with van der Waals surface area (Å²) >= 11 is 0. The van der Waals surface area contributed by atoms with Gasteiger partial charge in [-0.05, 0) is 43.5 Å². The number of ether oxygens (including phenoxy) is 1. The normalized spacial score (nSPS) is 19.3. The van der Waals surface area contributed by atoms with Crippen LogP contribution in [0.5, 0.6) is 0 Å². The van der Waals surface area contributed by atoms with Gasteiger partial charge >= 0.3 is 0 Å². The fourth-order valence-electron chi connectivity index (χ4n) is 2.58. The number of rotatable bonds is 7. The Morgan fingerprint density at radius 2 is 2.35 bits per heavy atom. The summed E-state index contributed by atoms with van der Waals surface area (Å²) < 4.78 is 5.90. The lowest BCUT2D eigenvalue weighted by atomic mass is 10.1. The quantitative estimate of drug-likeness (QED) is 0.831. The molecule has 0 aromatic carbocycles. The molecule has 0 radical (unpaired) electrons. The van der Waals surface area contributed by atoms with E-state index in [1.807, 2.05) is 6.20 Å². The van der Waals surface area contributed by atoms with Gasteiger partial charge in [0, 0.05) is 32.4 Å². The Bertz CT molecular complexity index is 397. The van der Waals surface area contributed by atoms with Gasteiger partial charge in [-0.1, -0.05) is 13.8 Å². The Balaban J connectivity index is 1.95. The fourth-order valence-corrected chi connectivity index (χ4v) is 2.58. The molecule has 1 aliphatic rings. The molecule has 1 unspecified atom stereocenters. The lowest BCUT2D eigenvalue weighted by molar-refractivity contribution is 0.0439. The van der Waals surface area contributed by atoms with Crippen LogP contribution >= 0.6 is 0 Å². The van der Waals surface area contributed by atoms with Crippen molar-refractivity contribution in [1.29, 1.82) is 0 Å². The molecule has 0 spiro atoms. The summed E-state index contributed by atoms with van der Waals surface area (Å²) in [4.78, 5) is 6.89. The maximum Gasteiger partial charge on any atom is 0.128 e. The zero-order chi connectivity index (χ0) is 14.2. The summed E-state index contributed by atoms with van der Waals surface area (Å²) in [6.07, 6.45) is 5.73. The van der Waals surface area contributed by atoms with Gasteiger partial charge in [0.1, 0.15) is 5.82 Å². The number of hydrogen-bond acceptors (Lipinski definition) is 4. The van der Waals surface area contributed by atoms with Gasteiger partial charge in [0.25, 0.3) is 0 Å². The largest absolute Gasteiger partial charge is 0.376 e. The van der Waals surface area contributed by atoms with Gasteiger partial charge in [-0.25, -0.2) is 4.98 Å². The molecular formula is C16H27N3O. The molecule has 0 bridgehead atoms. The molecule has 2 rings (SSSR count). The van der Waals surface area contributed by atoms with E-state index in [9.17, 15) is 0 Å². The van der Waals surface area contributed by atoms with Crippen LogP contribution in [-0.2, 0) is 11.3 Å². The Morgan fingerprint density at radius 3 is 3.15 bits per heavy atom. The van der Waals surface area contributed by atoms with Crippen LogP contribution in [0, 0.1) is 0 Å². The lowest BCUT2D eigenvalue weighted by Gasteiger charge is -2.33. The molecule has 1 aromatic heterocycles. The third kappa shape index (κ3) is 4.46. The summed E-state index contributed by atoms with van der Waals surface area (Å²) in [7, 11) is 0. The van der Waals surface area contributed by atoms with Crippen LogP contribution in [-0.4, -0.2) is 37.3 Å². The van der Waals surface area contributed by atoms with Crippen LogP contribution in [0.3, 0.4) is 0 Å². The average Bonchev–Trinajstić information content (AvgIpc) is 2.51. The fraction of sp³-hybridized carbons (Fsp3) is 0.688. The highest BCUT2D eigenvalue weighted by Gasteiger charge is 2.21. The maximum absolute atomic E-state index is 5.90. The minimum Gasteiger partial charge on any atom is -0.376 e. The maximum atomic E-state index is 5.90. The highest BCUT2D eigenvalue weighted by molar-refractivity contribution is 5.41. The number of piperidine rings is 1. The molecule has 20 heavy (non-hydrogen) atoms. The van der Waals surface area contributed by atoms with E-state index in [1.165, 1.54) is 18.4 Å². The minimum absolute atomic E-state index is 0.364. The Labute approximate surface area is 122 Å². The minimum atomic E-state index is 0.364. The second-order valence-corrected chi connectivity index (χ2v) is 5.38. The third-order valence-corrected chi connectivity index (χ3v) is 3.65. The monoisotopic (exact) mass is 277 g/mol. The molecule has 1 aromatic rings. The van der Waals surface area contributed by atoms with Crippen LogP contribution in [0.25, 0.3) is 0 Å². The van der Waals surface area contributed by atoms with E-state index in [4.69, 9.17) is 4.74 Å². The van der Waals surface area contributed by atoms with Crippen molar-refractivity contribution in [3.63, 3.8) is 0 Å². The average molecular weight is 277 g/mol. The van der Waals surface area contributed by atoms with Crippen molar-refractivity contribution >= 4 is 5.82 Å². The predicted octanol–water partition coefficient (Wildman–Crippen LogP) is 2.59. The number of pyridine rings is 1. The predicted molar refractivity (Wildman–Crippen MR) is 83.1 cm³/mol. The van der Waals surface area contributed by atoms with Crippen molar-refractivity contribution in [2.75, 3.05) is 31.1 Å². The molecule has 1 aliphatic heterocycles. The second-order valence-electron chi connectivity index (χ2n) is 5.38. The van der Waals surface area contributed by atoms with Crippen molar-refractivity contribution in [1.82, 2.24) is 10.3 Å². The molecular weight excluding hydrogens is 250 g/mol. The van der Waals surface area contributed by atoms with E-state index < -0.39 is 0 Å². The van der Waals surface area contributed by atoms with Crippen molar-refractivity contribution in [3.8, 4) is 0 Å². The van der Waals surface area contributed by atoms with Gasteiger partial charge in [0.2, 0.25) is 0 Å². The third-order valence-electron chi connectivity index (χ3n) is 3.65. The summed E-state index contributed by atoms with van der Waals surface area (Å²) in [6, 6.07) is 4.28. The van der Waals surface area contributed by atoms with Crippen LogP contribution in [0.1, 0.15) is 38.7 Å². The first kappa shape index (κ1) is 15.3. The molecule has 0 aliphatic carbocycles. The zero-order valence-corrected chi connectivity index (χ0v) is 12.8. The molecule has 1 N–H and O–H groups in total. The summed E-state index contributed by atoms with van der Waals surface area (Å²) in [5.41, 5.74) is 1.30. The first-order valence-electron chi connectivity index (χ1n) is 7.85. The Hall–Kier alpha value is -1.13. The number of anilines is 1. The molecule has 4 nitrogen and oxygen atoms in total. The number of nitrogens with zero attached hydrogens (tertiary/aromatic N) is 2. The Kier molecular flexibility index (Phi) is 6.27. The highest BCUT2D eigenvalue weighted by Crippen LogP contribution is 2.20. The van der Waals surface area contributed by atoms with Crippen molar-refractivity contribution in [2.24, 2.45) is 0 Å². The molecule has 0 saturated carbocycles. The molecule has 2 heterocycles. The van der Waals surface area contributed by atoms with Gasteiger partial charge in [-0.15, -0.1) is 0 Å². The Morgan fingerprint density at radius 1 is 1.45 bits per heavy atom. The first-order valence-corrected chi connectivity index (χ1v) is 7.85. The van der Waals surface area contributed by atoms with Crippen molar-refractivity contribution < 1.29 is 4.74 Å². The van der Waals surface area contributed by atoms with Gasteiger partial charge in [-0.3, -0.25) is 0 Å². The summed E-state index contributed by atoms with van der Waals surface area (Å²) in [6.45, 7) is 9.12. The lowest BCUT2D eigenvalue weighted by Crippen LogP contribution is -2.40. The van der Waals surface area contributed by atoms with Gasteiger partial charge in [0.15, 0.2) is 0 Å². The van der Waals surface area contributed by atoms with Crippen LogP contribution < -0.4 is 10.2 Å². The summed E-state index contributed by atoms with van der Waals surface area (Å²) in [5.74, 6) is 1.09. The molecule has 112 valence electrons. The molecule has 0 amide bonds. The standard InChI is InChI=1S/C16H27N3O/c1-3-10-20-15-6-5-9-19(13-15)16-11-14(7-8-18-16)12-17-4-2/h7-8,11,15,17H,3-6,9-10,12-13H2,1-2H3. The van der Waals surface area contributed by atoms with Crippen LogP contribution in [0.15, 0.2) is 18.3 Å². The molecule has 1 atom stereocenters. The molecule has 4 heteroatoms. The summed E-state index contributed by atoms with van der Waals surface area (Å²) in [5, 5.41) is 3.36. The van der Waals surface area contributed by atoms with E-state index in [2.05, 4.69) is 41.2 Å². The van der Waals surface area contributed by atoms with Crippen LogP contribution in [0.4, 0.5) is 5.82 Å². The van der Waals surface area contributed by atoms with E-state index >= 15 is 0 Å². The van der Waals surface area contributed by atoms with Crippen molar-refractivity contribution in [3.05, 3.63) is 23.9 Å². The number of aromatic nitrogens is 1. The van der Waals surface area contributed by atoms with Crippen molar-refractivity contribution in [2.45, 2.75) is 45.8 Å². The number of hydrogen-bond donors (Lipinski definition) is 1. The molecule has 1 fully saturated rings. The van der Waals surface area contributed by atoms with E-state index in [0.717, 1.165) is 45.0 Å². The van der Waals surface area contributed by atoms with Gasteiger partial charge < -0.3 is 15.0 Å². The van der Waals surface area contributed by atoms with Gasteiger partial charge in [-0.2, -0.15) is 0 Å². The first-order chi connectivity index (χ1) is 9.83. The number of nitrogens with one attached hydrogen (secondary N) is 1. The molecule has 1 saturated heterocycles. The smallest absolute Gasteiger partial charge is 0.128 e. The highest BCUT2D eigenvalue weighted by atomic mass is 16.5. The van der Waals surface area contributed by atoms with E-state index in [-0.39, 0.29) is 0 Å². The SMILES string of the molecule is CCCOC1CCCN(c2cc(CNCC)ccn2)C1. The van der Waals surface area contributed by atoms with E-state index in [1.54, 1.807) is 0 Å². The second kappa shape index (κ2) is 8.22. The van der Waals surface area contributed by atoms with E-state index in [0.29, 0.717) is 6.10 Å².